The molecular formula is C25H19BF4O3. The standard InChI is InChI=1S/C25H19O3.BF4/c1-18(26)27-25-22(19-11-5-2-6-12-19)17-23(20-13-7-3-8-14-20)28-24(25)21-15-9-4-10-16-21;2-1(3,4)5/h2-17H,1H3;/q+1;-1. The van der Waals surface area contributed by atoms with Gasteiger partial charge < -0.3 is 22.0 Å². The maximum atomic E-state index is 11.9. The van der Waals surface area contributed by atoms with Gasteiger partial charge in [0.05, 0.1) is 17.2 Å². The molecule has 33 heavy (non-hydrogen) atoms. The van der Waals surface area contributed by atoms with Gasteiger partial charge in [-0.1, -0.05) is 66.7 Å². The van der Waals surface area contributed by atoms with E-state index >= 15 is 0 Å². The normalized spacial score (nSPS) is 10.7. The molecule has 0 saturated heterocycles. The number of hydrogen-bond acceptors (Lipinski definition) is 2. The van der Waals surface area contributed by atoms with Crippen LogP contribution < -0.4 is 4.74 Å². The average molecular weight is 454 g/mol. The van der Waals surface area contributed by atoms with Crippen LogP contribution in [-0.4, -0.2) is 13.2 Å². The van der Waals surface area contributed by atoms with Crippen LogP contribution in [0.3, 0.4) is 0 Å². The molecule has 0 amide bonds. The third-order valence-electron chi connectivity index (χ3n) is 4.36. The molecule has 168 valence electrons. The van der Waals surface area contributed by atoms with Crippen molar-refractivity contribution in [3.63, 3.8) is 0 Å². The van der Waals surface area contributed by atoms with Crippen LogP contribution in [0.5, 0.6) is 5.75 Å². The van der Waals surface area contributed by atoms with Gasteiger partial charge in [0.25, 0.3) is 0 Å². The van der Waals surface area contributed by atoms with Crippen LogP contribution in [0.15, 0.2) is 101 Å². The summed E-state index contributed by atoms with van der Waals surface area (Å²) < 4.78 is 50.9. The quantitative estimate of drug-likeness (QED) is 0.137. The minimum atomic E-state index is -6.00. The lowest BCUT2D eigenvalue weighted by atomic mass is 10.00. The Bertz CT molecular complexity index is 1130. The van der Waals surface area contributed by atoms with Crippen molar-refractivity contribution in [2.75, 3.05) is 0 Å². The van der Waals surface area contributed by atoms with Gasteiger partial charge >= 0.3 is 24.7 Å². The van der Waals surface area contributed by atoms with Gasteiger partial charge in [-0.05, 0) is 29.8 Å². The summed E-state index contributed by atoms with van der Waals surface area (Å²) in [7, 11) is -6.00. The van der Waals surface area contributed by atoms with Crippen molar-refractivity contribution in [1.82, 2.24) is 0 Å². The Hall–Kier alpha value is -3.94. The lowest BCUT2D eigenvalue weighted by Crippen LogP contribution is -2.05. The van der Waals surface area contributed by atoms with Crippen molar-refractivity contribution in [1.29, 1.82) is 0 Å². The Morgan fingerprint density at radius 3 is 1.61 bits per heavy atom. The van der Waals surface area contributed by atoms with Crippen molar-refractivity contribution in [2.45, 2.75) is 6.92 Å². The monoisotopic (exact) mass is 454 g/mol. The van der Waals surface area contributed by atoms with Gasteiger partial charge in [0.15, 0.2) is 0 Å². The average Bonchev–Trinajstić information content (AvgIpc) is 2.79. The molecule has 0 aliphatic heterocycles. The summed E-state index contributed by atoms with van der Waals surface area (Å²) in [6.07, 6.45) is 0. The molecule has 4 rings (SSSR count). The molecule has 0 spiro atoms. The van der Waals surface area contributed by atoms with E-state index in [9.17, 15) is 22.1 Å². The number of hydrogen-bond donors (Lipinski definition) is 0. The van der Waals surface area contributed by atoms with E-state index < -0.39 is 13.2 Å². The number of benzene rings is 3. The van der Waals surface area contributed by atoms with E-state index in [0.29, 0.717) is 17.3 Å². The van der Waals surface area contributed by atoms with Crippen LogP contribution in [0.4, 0.5) is 17.3 Å². The Labute approximate surface area is 188 Å². The summed E-state index contributed by atoms with van der Waals surface area (Å²) in [5, 5.41) is 0. The van der Waals surface area contributed by atoms with Gasteiger partial charge in [-0.25, -0.2) is 4.42 Å². The van der Waals surface area contributed by atoms with Gasteiger partial charge in [-0.3, -0.25) is 4.79 Å². The number of carbonyl (C=O) groups excluding carboxylic acids is 1. The molecule has 1 aromatic heterocycles. The summed E-state index contributed by atoms with van der Waals surface area (Å²) in [6.45, 7) is 1.40. The second-order valence-electron chi connectivity index (χ2n) is 6.87. The van der Waals surface area contributed by atoms with Crippen LogP contribution in [0.1, 0.15) is 6.92 Å². The molecule has 8 heteroatoms. The molecule has 0 unspecified atom stereocenters. The largest absolute Gasteiger partial charge is 0.673 e. The predicted molar refractivity (Wildman–Crippen MR) is 121 cm³/mol. The second-order valence-corrected chi connectivity index (χ2v) is 6.87. The number of carbonyl (C=O) groups is 1. The van der Waals surface area contributed by atoms with E-state index in [2.05, 4.69) is 0 Å². The molecule has 0 fully saturated rings. The van der Waals surface area contributed by atoms with E-state index in [1.807, 2.05) is 97.1 Å². The number of esters is 1. The highest BCUT2D eigenvalue weighted by Crippen LogP contribution is 2.42. The van der Waals surface area contributed by atoms with Gasteiger partial charge in [0.1, 0.15) is 0 Å². The first-order valence-corrected chi connectivity index (χ1v) is 9.95. The van der Waals surface area contributed by atoms with Gasteiger partial charge in [-0.2, -0.15) is 0 Å². The SMILES string of the molecule is CC(=O)Oc1c(-c2ccccc2)cc(-c2ccccc2)[o+]c1-c1ccccc1.F[B-](F)(F)F. The molecule has 0 saturated carbocycles. The fraction of sp³-hybridized carbons (Fsp3) is 0.0400. The maximum Gasteiger partial charge on any atom is 0.673 e. The summed E-state index contributed by atoms with van der Waals surface area (Å²) in [4.78, 5) is 11.9. The van der Waals surface area contributed by atoms with Crippen molar-refractivity contribution < 1.29 is 31.2 Å². The van der Waals surface area contributed by atoms with Crippen molar-refractivity contribution >= 4 is 13.2 Å². The number of halogens is 4. The highest BCUT2D eigenvalue weighted by Gasteiger charge is 2.30. The molecule has 0 N–H and O–H groups in total. The van der Waals surface area contributed by atoms with Crippen molar-refractivity contribution in [3.8, 4) is 39.5 Å². The minimum Gasteiger partial charge on any atom is -0.418 e. The third kappa shape index (κ3) is 7.03. The highest BCUT2D eigenvalue weighted by molar-refractivity contribution is 6.50. The van der Waals surface area contributed by atoms with Gasteiger partial charge in [-0.15, -0.1) is 0 Å². The molecule has 0 aliphatic rings. The summed E-state index contributed by atoms with van der Waals surface area (Å²) in [5.41, 5.74) is 3.55. The number of rotatable bonds is 4. The topological polar surface area (TPSA) is 37.6 Å². The lowest BCUT2D eigenvalue weighted by Gasteiger charge is -2.09. The molecule has 1 heterocycles. The molecule has 0 radical (unpaired) electrons. The first-order valence-electron chi connectivity index (χ1n) is 9.95. The van der Waals surface area contributed by atoms with E-state index in [1.54, 1.807) is 0 Å². The molecule has 0 aliphatic carbocycles. The Kier molecular flexibility index (Phi) is 7.61. The maximum absolute atomic E-state index is 11.9. The fourth-order valence-electron chi connectivity index (χ4n) is 3.11. The molecule has 0 bridgehead atoms. The fourth-order valence-corrected chi connectivity index (χ4v) is 3.11. The van der Waals surface area contributed by atoms with Crippen LogP contribution in [0.2, 0.25) is 0 Å². The van der Waals surface area contributed by atoms with Crippen molar-refractivity contribution in [3.05, 3.63) is 97.1 Å². The molecule has 4 aromatic rings. The van der Waals surface area contributed by atoms with E-state index in [1.165, 1.54) is 6.92 Å². The zero-order valence-electron chi connectivity index (χ0n) is 17.6. The second kappa shape index (κ2) is 10.6. The number of ether oxygens (including phenoxy) is 1. The zero-order chi connectivity index (χ0) is 23.8. The van der Waals surface area contributed by atoms with Crippen LogP contribution in [0, 0.1) is 0 Å². The zero-order valence-corrected chi connectivity index (χ0v) is 17.6. The molecule has 0 atom stereocenters. The summed E-state index contributed by atoms with van der Waals surface area (Å²) in [5.74, 6) is 1.26. The van der Waals surface area contributed by atoms with Crippen LogP contribution in [0.25, 0.3) is 33.8 Å². The Morgan fingerprint density at radius 2 is 1.15 bits per heavy atom. The molecule has 3 aromatic carbocycles. The first-order chi connectivity index (χ1) is 15.7. The molecule has 3 nitrogen and oxygen atoms in total. The van der Waals surface area contributed by atoms with E-state index in [4.69, 9.17) is 9.15 Å². The van der Waals surface area contributed by atoms with Gasteiger partial charge in [0.2, 0.25) is 5.75 Å². The summed E-state index contributed by atoms with van der Waals surface area (Å²) >= 11 is 0. The Morgan fingerprint density at radius 1 is 0.727 bits per heavy atom. The van der Waals surface area contributed by atoms with Crippen LogP contribution in [-0.2, 0) is 4.79 Å². The Balaban J connectivity index is 0.000000555. The first kappa shape index (κ1) is 23.7. The minimum absolute atomic E-state index is 0.392. The smallest absolute Gasteiger partial charge is 0.418 e. The van der Waals surface area contributed by atoms with E-state index in [0.717, 1.165) is 22.3 Å². The molecular weight excluding hydrogens is 435 g/mol. The predicted octanol–water partition coefficient (Wildman–Crippen LogP) is 7.79. The van der Waals surface area contributed by atoms with Gasteiger partial charge in [0, 0.05) is 12.5 Å². The van der Waals surface area contributed by atoms with Crippen LogP contribution >= 0.6 is 0 Å². The highest BCUT2D eigenvalue weighted by atomic mass is 19.5. The summed E-state index contributed by atoms with van der Waals surface area (Å²) in [6, 6.07) is 31.4. The lowest BCUT2D eigenvalue weighted by molar-refractivity contribution is -0.131. The van der Waals surface area contributed by atoms with E-state index in [-0.39, 0.29) is 0 Å². The van der Waals surface area contributed by atoms with Crippen molar-refractivity contribution in [2.24, 2.45) is 0 Å². The third-order valence-corrected chi connectivity index (χ3v) is 4.36.